The van der Waals surface area contributed by atoms with Crippen LogP contribution in [0.3, 0.4) is 0 Å². The maximum absolute atomic E-state index is 12.7. The minimum absolute atomic E-state index is 0.0399. The average molecular weight is 332 g/mol. The first kappa shape index (κ1) is 14.7. The summed E-state index contributed by atoms with van der Waals surface area (Å²) in [7, 11) is 0. The van der Waals surface area contributed by atoms with E-state index in [0.717, 1.165) is 17.1 Å². The van der Waals surface area contributed by atoms with E-state index in [2.05, 4.69) is 6.07 Å². The molecule has 1 saturated heterocycles. The minimum Gasteiger partial charge on any atom is -0.373 e. The molecule has 0 aliphatic carbocycles. The Morgan fingerprint density at radius 2 is 2.45 bits per heavy atom. The smallest absolute Gasteiger partial charge is 0.264 e. The Morgan fingerprint density at radius 1 is 1.60 bits per heavy atom. The largest absolute Gasteiger partial charge is 0.373 e. The van der Waals surface area contributed by atoms with Crippen molar-refractivity contribution in [3.8, 4) is 0 Å². The molecule has 1 amide bonds. The molecule has 2 atom stereocenters. The van der Waals surface area contributed by atoms with E-state index in [1.807, 2.05) is 23.6 Å². The first-order chi connectivity index (χ1) is 9.69. The molecule has 2 unspecified atom stereocenters. The fourth-order valence-electron chi connectivity index (χ4n) is 2.59. The zero-order chi connectivity index (χ0) is 14.1. The van der Waals surface area contributed by atoms with Gasteiger partial charge < -0.3 is 9.64 Å². The molecule has 3 rings (SSSR count). The summed E-state index contributed by atoms with van der Waals surface area (Å²) in [5.74, 6) is 2.79. The zero-order valence-corrected chi connectivity index (χ0v) is 13.8. The van der Waals surface area contributed by atoms with Crippen LogP contribution in [0.2, 0.25) is 0 Å². The van der Waals surface area contributed by atoms with Crippen molar-refractivity contribution in [2.75, 3.05) is 24.8 Å². The van der Waals surface area contributed by atoms with Gasteiger partial charge in [0.2, 0.25) is 0 Å². The number of thiophene rings is 1. The molecule has 3 heterocycles. The molecule has 0 radical (unpaired) electrons. The van der Waals surface area contributed by atoms with Crippen LogP contribution in [0.25, 0.3) is 0 Å². The van der Waals surface area contributed by atoms with Gasteiger partial charge in [-0.25, -0.2) is 0 Å². The van der Waals surface area contributed by atoms with Crippen molar-refractivity contribution in [1.82, 2.24) is 4.90 Å². The van der Waals surface area contributed by atoms with E-state index in [4.69, 9.17) is 16.3 Å². The second-order valence-electron chi connectivity index (χ2n) is 5.28. The third-order valence-corrected chi connectivity index (χ3v) is 6.35. The number of alkyl halides is 1. The van der Waals surface area contributed by atoms with Crippen molar-refractivity contribution in [1.29, 1.82) is 0 Å². The molecule has 0 aromatic carbocycles. The summed E-state index contributed by atoms with van der Waals surface area (Å²) in [5.41, 5.74) is 1.35. The van der Waals surface area contributed by atoms with Crippen LogP contribution in [0.5, 0.6) is 0 Å². The number of aryl methyl sites for hydroxylation is 1. The van der Waals surface area contributed by atoms with Crippen molar-refractivity contribution in [2.24, 2.45) is 0 Å². The van der Waals surface area contributed by atoms with Gasteiger partial charge in [-0.3, -0.25) is 4.79 Å². The van der Waals surface area contributed by atoms with Crippen molar-refractivity contribution in [3.05, 3.63) is 21.4 Å². The molecule has 1 aromatic heterocycles. The quantitative estimate of drug-likeness (QED) is 0.780. The second-order valence-corrected chi connectivity index (χ2v) is 7.83. The summed E-state index contributed by atoms with van der Waals surface area (Å²) in [6.45, 7) is 3.20. The number of carbonyl (C=O) groups is 1. The maximum Gasteiger partial charge on any atom is 0.264 e. The Morgan fingerprint density at radius 3 is 3.20 bits per heavy atom. The van der Waals surface area contributed by atoms with E-state index in [1.54, 1.807) is 11.3 Å². The molecule has 2 aliphatic heterocycles. The Labute approximate surface area is 132 Å². The zero-order valence-electron chi connectivity index (χ0n) is 11.4. The van der Waals surface area contributed by atoms with Gasteiger partial charge in [0.25, 0.3) is 5.91 Å². The van der Waals surface area contributed by atoms with Gasteiger partial charge >= 0.3 is 0 Å². The van der Waals surface area contributed by atoms with Crippen LogP contribution >= 0.6 is 34.7 Å². The van der Waals surface area contributed by atoms with Gasteiger partial charge in [0.1, 0.15) is 0 Å². The summed E-state index contributed by atoms with van der Waals surface area (Å²) in [5, 5.41) is 0. The van der Waals surface area contributed by atoms with Crippen molar-refractivity contribution in [2.45, 2.75) is 31.2 Å². The predicted octanol–water partition coefficient (Wildman–Crippen LogP) is 3.01. The SMILES string of the molecule is CC1COC(CCl)CN1C(=O)c1cc2c(s1)CCSC2. The predicted molar refractivity (Wildman–Crippen MR) is 85.1 cm³/mol. The Balaban J connectivity index is 1.78. The third-order valence-electron chi connectivity index (χ3n) is 3.78. The van der Waals surface area contributed by atoms with Gasteiger partial charge in [-0.2, -0.15) is 11.8 Å². The molecular weight excluding hydrogens is 314 g/mol. The van der Waals surface area contributed by atoms with Crippen molar-refractivity contribution >= 4 is 40.6 Å². The summed E-state index contributed by atoms with van der Waals surface area (Å²) >= 11 is 9.48. The molecule has 0 bridgehead atoms. The maximum atomic E-state index is 12.7. The number of nitrogens with zero attached hydrogens (tertiary/aromatic N) is 1. The van der Waals surface area contributed by atoms with Crippen LogP contribution in [0.4, 0.5) is 0 Å². The van der Waals surface area contributed by atoms with Crippen LogP contribution in [0, 0.1) is 0 Å². The lowest BCUT2D eigenvalue weighted by Gasteiger charge is -2.37. The number of thioether (sulfide) groups is 1. The minimum atomic E-state index is -0.0399. The third kappa shape index (κ3) is 2.86. The topological polar surface area (TPSA) is 29.5 Å². The molecule has 3 nitrogen and oxygen atoms in total. The number of amides is 1. The summed E-state index contributed by atoms with van der Waals surface area (Å²) < 4.78 is 5.61. The number of hydrogen-bond donors (Lipinski definition) is 0. The number of fused-ring (bicyclic) bond motifs is 1. The lowest BCUT2D eigenvalue weighted by molar-refractivity contribution is -0.0370. The molecule has 1 aromatic rings. The van der Waals surface area contributed by atoms with Crippen LogP contribution in [0.15, 0.2) is 6.07 Å². The number of hydrogen-bond acceptors (Lipinski definition) is 4. The molecule has 110 valence electrons. The van der Waals surface area contributed by atoms with Crippen LogP contribution < -0.4 is 0 Å². The monoisotopic (exact) mass is 331 g/mol. The molecule has 0 saturated carbocycles. The van der Waals surface area contributed by atoms with Gasteiger partial charge in [0, 0.05) is 17.2 Å². The first-order valence-electron chi connectivity index (χ1n) is 6.87. The fourth-order valence-corrected chi connectivity index (χ4v) is 5.10. The van der Waals surface area contributed by atoms with Gasteiger partial charge in [0.05, 0.1) is 29.5 Å². The molecule has 20 heavy (non-hydrogen) atoms. The van der Waals surface area contributed by atoms with E-state index in [0.29, 0.717) is 19.0 Å². The van der Waals surface area contributed by atoms with Gasteiger partial charge in [0.15, 0.2) is 0 Å². The number of ether oxygens (including phenoxy) is 1. The molecule has 0 spiro atoms. The van der Waals surface area contributed by atoms with Gasteiger partial charge in [-0.15, -0.1) is 22.9 Å². The Bertz CT molecular complexity index is 482. The highest BCUT2D eigenvalue weighted by atomic mass is 35.5. The lowest BCUT2D eigenvalue weighted by atomic mass is 10.2. The number of morpholine rings is 1. The number of rotatable bonds is 2. The van der Waals surface area contributed by atoms with E-state index < -0.39 is 0 Å². The van der Waals surface area contributed by atoms with Gasteiger partial charge in [-0.1, -0.05) is 0 Å². The molecule has 1 fully saturated rings. The summed E-state index contributed by atoms with van der Waals surface area (Å²) in [4.78, 5) is 16.9. The van der Waals surface area contributed by atoms with Gasteiger partial charge in [-0.05, 0) is 30.7 Å². The van der Waals surface area contributed by atoms with E-state index in [-0.39, 0.29) is 18.1 Å². The molecular formula is C14H18ClNO2S2. The fraction of sp³-hybridized carbons (Fsp3) is 0.643. The second kappa shape index (κ2) is 6.26. The van der Waals surface area contributed by atoms with Crippen LogP contribution in [-0.4, -0.2) is 47.7 Å². The first-order valence-corrected chi connectivity index (χ1v) is 9.37. The highest BCUT2D eigenvalue weighted by Crippen LogP contribution is 2.32. The molecule has 2 aliphatic rings. The summed E-state index contributed by atoms with van der Waals surface area (Å²) in [6.07, 6.45) is 1.06. The van der Waals surface area contributed by atoms with Crippen molar-refractivity contribution < 1.29 is 9.53 Å². The van der Waals surface area contributed by atoms with E-state index in [1.165, 1.54) is 16.2 Å². The molecule has 6 heteroatoms. The lowest BCUT2D eigenvalue weighted by Crippen LogP contribution is -2.51. The normalized spacial score (nSPS) is 26.4. The highest BCUT2D eigenvalue weighted by Gasteiger charge is 2.31. The van der Waals surface area contributed by atoms with Crippen molar-refractivity contribution in [3.63, 3.8) is 0 Å². The van der Waals surface area contributed by atoms with E-state index >= 15 is 0 Å². The van der Waals surface area contributed by atoms with E-state index in [9.17, 15) is 4.79 Å². The Hall–Kier alpha value is -0.230. The van der Waals surface area contributed by atoms with Crippen LogP contribution in [-0.2, 0) is 16.9 Å². The molecule has 0 N–H and O–H groups in total. The summed E-state index contributed by atoms with van der Waals surface area (Å²) in [6, 6.07) is 2.21. The number of carbonyl (C=O) groups excluding carboxylic acids is 1. The highest BCUT2D eigenvalue weighted by molar-refractivity contribution is 7.98. The Kier molecular flexibility index (Phi) is 4.60. The van der Waals surface area contributed by atoms with Crippen LogP contribution in [0.1, 0.15) is 27.0 Å². The standard InChI is InChI=1S/C14H18ClNO2S2/c1-9-7-18-11(5-15)6-16(9)14(17)13-4-10-8-19-3-2-12(10)20-13/h4,9,11H,2-3,5-8H2,1H3. The number of halogens is 1. The average Bonchev–Trinajstić information content (AvgIpc) is 2.91.